The van der Waals surface area contributed by atoms with Crippen LogP contribution in [0.5, 0.6) is 17.2 Å². The first-order chi connectivity index (χ1) is 11.5. The summed E-state index contributed by atoms with van der Waals surface area (Å²) in [5.41, 5.74) is -0.514. The van der Waals surface area contributed by atoms with E-state index in [1.807, 2.05) is 0 Å². The second-order valence-electron chi connectivity index (χ2n) is 5.44. The van der Waals surface area contributed by atoms with Gasteiger partial charge in [0.1, 0.15) is 0 Å². The molecule has 0 aliphatic heterocycles. The Bertz CT molecular complexity index is 1130. The average Bonchev–Trinajstić information content (AvgIpc) is 2.54. The first-order valence-corrected chi connectivity index (χ1v) is 7.08. The Morgan fingerprint density at radius 2 is 1.38 bits per heavy atom. The van der Waals surface area contributed by atoms with E-state index in [1.54, 1.807) is 13.0 Å². The number of rotatable bonds is 2. The monoisotopic (exact) mass is 328 g/mol. The van der Waals surface area contributed by atoms with E-state index in [-0.39, 0.29) is 33.4 Å². The van der Waals surface area contributed by atoms with Crippen LogP contribution in [0.4, 0.5) is 0 Å². The fourth-order valence-electron chi connectivity index (χ4n) is 3.16. The van der Waals surface area contributed by atoms with E-state index in [9.17, 15) is 14.7 Å². The second kappa shape index (κ2) is 4.64. The van der Waals surface area contributed by atoms with Crippen LogP contribution < -0.4 is 20.7 Å². The van der Waals surface area contributed by atoms with E-state index in [4.69, 9.17) is 18.3 Å². The molecule has 0 aliphatic rings. The van der Waals surface area contributed by atoms with Crippen molar-refractivity contribution >= 4 is 32.7 Å². The molecule has 0 aliphatic carbocycles. The maximum Gasteiger partial charge on any atom is 0.344 e. The zero-order valence-corrected chi connectivity index (χ0v) is 13.1. The van der Waals surface area contributed by atoms with Gasteiger partial charge in [-0.05, 0) is 24.6 Å². The summed E-state index contributed by atoms with van der Waals surface area (Å²) >= 11 is 0. The van der Waals surface area contributed by atoms with Gasteiger partial charge < -0.3 is 23.4 Å². The number of benzene rings is 2. The number of phenols is 1. The summed E-state index contributed by atoms with van der Waals surface area (Å²) in [6, 6.07) is 2.85. The normalized spacial score (nSPS) is 11.6. The summed E-state index contributed by atoms with van der Waals surface area (Å²) in [7, 11) is 2.78. The Morgan fingerprint density at radius 3 is 1.92 bits per heavy atom. The Hall–Kier alpha value is -3.22. The van der Waals surface area contributed by atoms with Crippen LogP contribution in [-0.4, -0.2) is 19.3 Å². The molecule has 122 valence electrons. The van der Waals surface area contributed by atoms with Crippen molar-refractivity contribution in [2.45, 2.75) is 6.92 Å². The molecule has 2 heterocycles. The molecule has 2 aromatic heterocycles. The fourth-order valence-corrected chi connectivity index (χ4v) is 3.16. The molecule has 1 N–H and O–H groups in total. The van der Waals surface area contributed by atoms with E-state index in [0.29, 0.717) is 22.1 Å². The summed E-state index contributed by atoms with van der Waals surface area (Å²) in [5.74, 6) is 0.0235. The summed E-state index contributed by atoms with van der Waals surface area (Å²) in [6.45, 7) is 1.74. The maximum absolute atomic E-state index is 12.4. The first kappa shape index (κ1) is 14.4. The van der Waals surface area contributed by atoms with E-state index >= 15 is 0 Å². The maximum atomic E-state index is 12.4. The molecule has 0 bridgehead atoms. The molecule has 4 rings (SSSR count). The van der Waals surface area contributed by atoms with Gasteiger partial charge in [-0.15, -0.1) is 0 Å². The molecule has 0 saturated carbocycles. The van der Waals surface area contributed by atoms with Crippen molar-refractivity contribution in [3.63, 3.8) is 0 Å². The lowest BCUT2D eigenvalue weighted by molar-refractivity contribution is 0.369. The summed E-state index contributed by atoms with van der Waals surface area (Å²) in [5, 5.41) is 11.2. The highest BCUT2D eigenvalue weighted by atomic mass is 16.5. The van der Waals surface area contributed by atoms with Gasteiger partial charge in [-0.3, -0.25) is 0 Å². The summed E-state index contributed by atoms with van der Waals surface area (Å²) < 4.78 is 21.2. The molecular formula is C17H12O7. The van der Waals surface area contributed by atoms with Crippen LogP contribution in [0.3, 0.4) is 0 Å². The zero-order valence-electron chi connectivity index (χ0n) is 13.1. The molecule has 7 nitrogen and oxygen atoms in total. The molecule has 2 aromatic carbocycles. The quantitative estimate of drug-likeness (QED) is 0.446. The average molecular weight is 328 g/mol. The van der Waals surface area contributed by atoms with Gasteiger partial charge in [-0.1, -0.05) is 0 Å². The van der Waals surface area contributed by atoms with Crippen molar-refractivity contribution in [2.75, 3.05) is 14.2 Å². The van der Waals surface area contributed by atoms with E-state index in [2.05, 4.69) is 0 Å². The Morgan fingerprint density at radius 1 is 0.875 bits per heavy atom. The zero-order chi connectivity index (χ0) is 17.2. The number of hydrogen-bond acceptors (Lipinski definition) is 7. The molecule has 0 unspecified atom stereocenters. The molecule has 4 aromatic rings. The predicted molar refractivity (Wildman–Crippen MR) is 86.7 cm³/mol. The van der Waals surface area contributed by atoms with Gasteiger partial charge >= 0.3 is 11.3 Å². The van der Waals surface area contributed by atoms with E-state index < -0.39 is 11.3 Å². The number of phenolic OH excluding ortho intramolecular Hbond substituents is 1. The van der Waals surface area contributed by atoms with Crippen molar-refractivity contribution < 1.29 is 23.4 Å². The molecule has 7 heteroatoms. The second-order valence-corrected chi connectivity index (χ2v) is 5.44. The lowest BCUT2D eigenvalue weighted by Gasteiger charge is -2.14. The lowest BCUT2D eigenvalue weighted by Crippen LogP contribution is -2.08. The van der Waals surface area contributed by atoms with Gasteiger partial charge in [0.25, 0.3) is 0 Å². The predicted octanol–water partition coefficient (Wildman–Crippen LogP) is 2.52. The van der Waals surface area contributed by atoms with Crippen molar-refractivity contribution in [2.24, 2.45) is 0 Å². The highest BCUT2D eigenvalue weighted by Gasteiger charge is 2.25. The van der Waals surface area contributed by atoms with Gasteiger partial charge in [0.05, 0.1) is 25.0 Å². The van der Waals surface area contributed by atoms with Crippen LogP contribution in [0.25, 0.3) is 32.7 Å². The molecule has 0 atom stereocenters. The van der Waals surface area contributed by atoms with Crippen LogP contribution in [0.15, 0.2) is 30.6 Å². The molecule has 0 spiro atoms. The highest BCUT2D eigenvalue weighted by molar-refractivity contribution is 6.22. The van der Waals surface area contributed by atoms with Crippen molar-refractivity contribution in [1.29, 1.82) is 0 Å². The number of methoxy groups -OCH3 is 2. The van der Waals surface area contributed by atoms with Crippen LogP contribution in [0.1, 0.15) is 5.56 Å². The van der Waals surface area contributed by atoms with Crippen LogP contribution in [0.2, 0.25) is 0 Å². The third-order valence-corrected chi connectivity index (χ3v) is 4.13. The highest BCUT2D eigenvalue weighted by Crippen LogP contribution is 2.43. The van der Waals surface area contributed by atoms with Crippen LogP contribution in [0, 0.1) is 6.92 Å². The van der Waals surface area contributed by atoms with Crippen LogP contribution >= 0.6 is 0 Å². The minimum absolute atomic E-state index is 0.00574. The standard InChI is InChI=1S/C17H12O7/c1-6-4-7-10-11-8(17(20)23-14(10)12(6)21-2)5-9(18)13(22-3)15(11)24-16(7)19/h4-5,18H,1-3H3. The molecule has 0 fully saturated rings. The number of aryl methyl sites for hydroxylation is 1. The van der Waals surface area contributed by atoms with Crippen molar-refractivity contribution in [3.05, 3.63) is 38.5 Å². The minimum atomic E-state index is -0.676. The first-order valence-electron chi connectivity index (χ1n) is 7.08. The SMILES string of the molecule is COc1c(C)cc2c(=O)oc3c(OC)c(O)cc4c(=O)oc1c2c34. The number of hydrogen-bond donors (Lipinski definition) is 1. The number of aromatic hydroxyl groups is 1. The van der Waals surface area contributed by atoms with Gasteiger partial charge in [0.2, 0.25) is 5.75 Å². The van der Waals surface area contributed by atoms with E-state index in [1.165, 1.54) is 20.3 Å². The molecule has 24 heavy (non-hydrogen) atoms. The van der Waals surface area contributed by atoms with Crippen LogP contribution in [-0.2, 0) is 0 Å². The topological polar surface area (TPSA) is 99.1 Å². The van der Waals surface area contributed by atoms with Gasteiger partial charge in [0.15, 0.2) is 22.7 Å². The van der Waals surface area contributed by atoms with Gasteiger partial charge in [-0.2, -0.15) is 0 Å². The largest absolute Gasteiger partial charge is 0.504 e. The molecule has 0 radical (unpaired) electrons. The Balaban J connectivity index is 2.48. The fraction of sp³-hybridized carbons (Fsp3) is 0.176. The van der Waals surface area contributed by atoms with E-state index in [0.717, 1.165) is 0 Å². The molecular weight excluding hydrogens is 316 g/mol. The van der Waals surface area contributed by atoms with Gasteiger partial charge in [0, 0.05) is 10.8 Å². The van der Waals surface area contributed by atoms with Crippen molar-refractivity contribution in [1.82, 2.24) is 0 Å². The summed E-state index contributed by atoms with van der Waals surface area (Å²) in [4.78, 5) is 24.8. The number of ether oxygens (including phenoxy) is 2. The summed E-state index contributed by atoms with van der Waals surface area (Å²) in [6.07, 6.45) is 0. The Kier molecular flexibility index (Phi) is 2.78. The van der Waals surface area contributed by atoms with Crippen molar-refractivity contribution in [3.8, 4) is 17.2 Å². The molecule has 0 amide bonds. The third kappa shape index (κ3) is 1.61. The minimum Gasteiger partial charge on any atom is -0.504 e. The lowest BCUT2D eigenvalue weighted by atomic mass is 10.00. The Labute approximate surface area is 134 Å². The smallest absolute Gasteiger partial charge is 0.344 e. The molecule has 0 saturated heterocycles. The van der Waals surface area contributed by atoms with Gasteiger partial charge in [-0.25, -0.2) is 9.59 Å². The third-order valence-electron chi connectivity index (χ3n) is 4.13.